The maximum Gasteiger partial charge on any atom is 0.269 e. The number of rotatable bonds is 6. The highest BCUT2D eigenvalue weighted by Gasteiger charge is 2.60. The van der Waals surface area contributed by atoms with Crippen LogP contribution in [0.3, 0.4) is 0 Å². The van der Waals surface area contributed by atoms with E-state index < -0.39 is 15.9 Å². The predicted octanol–water partition coefficient (Wildman–Crippen LogP) is 4.14. The average Bonchev–Trinajstić information content (AvgIpc) is 3.26. The van der Waals surface area contributed by atoms with Gasteiger partial charge in [0.05, 0.1) is 21.5 Å². The SMILES string of the molecule is CC(C)=CC1C(C(=O)NNC(=O)c2cccc(S(=O)(=O)Nc3ccccc3Cl)c2)C1(C)C. The van der Waals surface area contributed by atoms with Crippen LogP contribution in [0.15, 0.2) is 65.1 Å². The van der Waals surface area contributed by atoms with Crippen LogP contribution in [-0.2, 0) is 14.8 Å². The van der Waals surface area contributed by atoms with Crippen molar-refractivity contribution >= 4 is 39.1 Å². The number of benzene rings is 2. The van der Waals surface area contributed by atoms with Crippen molar-refractivity contribution in [2.24, 2.45) is 17.3 Å². The molecule has 0 spiro atoms. The summed E-state index contributed by atoms with van der Waals surface area (Å²) in [5, 5.41) is 0.252. The number of para-hydroxylation sites is 1. The Morgan fingerprint density at radius 3 is 2.38 bits per heavy atom. The van der Waals surface area contributed by atoms with Gasteiger partial charge in [0.15, 0.2) is 0 Å². The number of halogens is 1. The molecule has 32 heavy (non-hydrogen) atoms. The van der Waals surface area contributed by atoms with Crippen LogP contribution in [0.25, 0.3) is 0 Å². The summed E-state index contributed by atoms with van der Waals surface area (Å²) in [4.78, 5) is 25.0. The van der Waals surface area contributed by atoms with Crippen LogP contribution in [0.2, 0.25) is 5.02 Å². The lowest BCUT2D eigenvalue weighted by Crippen LogP contribution is -2.43. The normalized spacial score (nSPS) is 18.9. The van der Waals surface area contributed by atoms with E-state index >= 15 is 0 Å². The van der Waals surface area contributed by atoms with Crippen LogP contribution in [-0.4, -0.2) is 20.2 Å². The van der Waals surface area contributed by atoms with E-state index in [1.54, 1.807) is 18.2 Å². The zero-order valence-electron chi connectivity index (χ0n) is 18.3. The first kappa shape index (κ1) is 23.8. The molecule has 2 unspecified atom stereocenters. The first-order chi connectivity index (χ1) is 14.9. The van der Waals surface area contributed by atoms with Crippen LogP contribution < -0.4 is 15.6 Å². The summed E-state index contributed by atoms with van der Waals surface area (Å²) < 4.78 is 27.8. The van der Waals surface area contributed by atoms with Gasteiger partial charge in [0, 0.05) is 5.56 Å². The van der Waals surface area contributed by atoms with Crippen molar-refractivity contribution in [2.45, 2.75) is 32.6 Å². The molecule has 7 nitrogen and oxygen atoms in total. The van der Waals surface area contributed by atoms with Gasteiger partial charge in [0.1, 0.15) is 0 Å². The number of allylic oxidation sites excluding steroid dienone is 2. The lowest BCUT2D eigenvalue weighted by molar-refractivity contribution is -0.123. The Labute approximate surface area is 193 Å². The van der Waals surface area contributed by atoms with Crippen molar-refractivity contribution in [2.75, 3.05) is 4.72 Å². The fraction of sp³-hybridized carbons (Fsp3) is 0.304. The summed E-state index contributed by atoms with van der Waals surface area (Å²) in [6, 6.07) is 11.9. The monoisotopic (exact) mass is 475 g/mol. The number of amides is 2. The molecule has 0 aliphatic heterocycles. The third-order valence-electron chi connectivity index (χ3n) is 5.53. The average molecular weight is 476 g/mol. The van der Waals surface area contributed by atoms with Gasteiger partial charge < -0.3 is 0 Å². The maximum atomic E-state index is 12.7. The number of hydrazine groups is 1. The summed E-state index contributed by atoms with van der Waals surface area (Å²) in [6.07, 6.45) is 2.06. The molecule has 2 amide bonds. The number of sulfonamides is 1. The fourth-order valence-corrected chi connectivity index (χ4v) is 5.03. The molecule has 0 radical (unpaired) electrons. The standard InChI is InChI=1S/C23H26ClN3O4S/c1-14(2)12-17-20(23(17,3)4)22(29)26-25-21(28)15-8-7-9-16(13-15)32(30,31)27-19-11-6-5-10-18(19)24/h5-13,17,20,27H,1-4H3,(H,25,28)(H,26,29). The van der Waals surface area contributed by atoms with Crippen molar-refractivity contribution in [1.82, 2.24) is 10.9 Å². The molecule has 2 atom stereocenters. The molecule has 9 heteroatoms. The summed E-state index contributed by atoms with van der Waals surface area (Å²) >= 11 is 6.02. The molecule has 1 aliphatic rings. The number of nitrogens with one attached hydrogen (secondary N) is 3. The highest BCUT2D eigenvalue weighted by Crippen LogP contribution is 2.59. The topological polar surface area (TPSA) is 104 Å². The van der Waals surface area contributed by atoms with Gasteiger partial charge in [-0.15, -0.1) is 0 Å². The summed E-state index contributed by atoms with van der Waals surface area (Å²) in [5.41, 5.74) is 6.09. The highest BCUT2D eigenvalue weighted by atomic mass is 35.5. The smallest absolute Gasteiger partial charge is 0.269 e. The summed E-state index contributed by atoms with van der Waals surface area (Å²) in [7, 11) is -3.97. The summed E-state index contributed by atoms with van der Waals surface area (Å²) in [6.45, 7) is 7.96. The molecule has 1 fully saturated rings. The minimum Gasteiger partial charge on any atom is -0.278 e. The summed E-state index contributed by atoms with van der Waals surface area (Å²) in [5.74, 6) is -1.04. The molecule has 170 valence electrons. The van der Waals surface area contributed by atoms with E-state index in [0.29, 0.717) is 0 Å². The van der Waals surface area contributed by atoms with Gasteiger partial charge in [-0.05, 0) is 55.5 Å². The van der Waals surface area contributed by atoms with E-state index in [-0.39, 0.29) is 44.3 Å². The van der Waals surface area contributed by atoms with E-state index in [9.17, 15) is 18.0 Å². The van der Waals surface area contributed by atoms with Crippen molar-refractivity contribution in [3.05, 3.63) is 70.8 Å². The molecular formula is C23H26ClN3O4S. The van der Waals surface area contributed by atoms with E-state index in [1.807, 2.05) is 27.7 Å². The van der Waals surface area contributed by atoms with Gasteiger partial charge >= 0.3 is 0 Å². The molecule has 0 aromatic heterocycles. The largest absolute Gasteiger partial charge is 0.278 e. The minimum atomic E-state index is -3.97. The lowest BCUT2D eigenvalue weighted by Gasteiger charge is -2.11. The van der Waals surface area contributed by atoms with Crippen molar-refractivity contribution in [3.8, 4) is 0 Å². The number of hydrogen-bond donors (Lipinski definition) is 3. The van der Waals surface area contributed by atoms with Crippen LogP contribution in [0.5, 0.6) is 0 Å². The molecule has 0 saturated heterocycles. The predicted molar refractivity (Wildman–Crippen MR) is 125 cm³/mol. The second-order valence-electron chi connectivity index (χ2n) is 8.63. The Bertz CT molecular complexity index is 1190. The molecule has 3 rings (SSSR count). The van der Waals surface area contributed by atoms with Gasteiger partial charge in [0.25, 0.3) is 15.9 Å². The van der Waals surface area contributed by atoms with Crippen LogP contribution in [0.4, 0.5) is 5.69 Å². The second kappa shape index (κ2) is 8.96. The Balaban J connectivity index is 1.67. The minimum absolute atomic E-state index is 0.0863. The molecular weight excluding hydrogens is 450 g/mol. The number of anilines is 1. The molecule has 2 aromatic rings. The molecule has 1 saturated carbocycles. The fourth-order valence-electron chi connectivity index (χ4n) is 3.67. The van der Waals surface area contributed by atoms with E-state index in [0.717, 1.165) is 5.57 Å². The molecule has 1 aliphatic carbocycles. The molecule has 2 aromatic carbocycles. The number of carbonyl (C=O) groups excluding carboxylic acids is 2. The first-order valence-corrected chi connectivity index (χ1v) is 11.9. The maximum absolute atomic E-state index is 12.7. The second-order valence-corrected chi connectivity index (χ2v) is 10.7. The molecule has 3 N–H and O–H groups in total. The van der Waals surface area contributed by atoms with Crippen molar-refractivity contribution in [3.63, 3.8) is 0 Å². The quantitative estimate of drug-likeness (QED) is 0.431. The third-order valence-corrected chi connectivity index (χ3v) is 7.22. The number of carbonyl (C=O) groups is 2. The van der Waals surface area contributed by atoms with Gasteiger partial charge in [-0.3, -0.25) is 25.2 Å². The van der Waals surface area contributed by atoms with Crippen molar-refractivity contribution in [1.29, 1.82) is 0 Å². The first-order valence-electron chi connectivity index (χ1n) is 10.1. The van der Waals surface area contributed by atoms with Crippen LogP contribution >= 0.6 is 11.6 Å². The Morgan fingerprint density at radius 2 is 1.72 bits per heavy atom. The van der Waals surface area contributed by atoms with Crippen LogP contribution in [0, 0.1) is 17.3 Å². The zero-order valence-corrected chi connectivity index (χ0v) is 19.8. The molecule has 0 bridgehead atoms. The Kier molecular flexibility index (Phi) is 6.67. The van der Waals surface area contributed by atoms with E-state index in [4.69, 9.17) is 11.6 Å². The highest BCUT2D eigenvalue weighted by molar-refractivity contribution is 7.92. The van der Waals surface area contributed by atoms with Gasteiger partial charge in [-0.25, -0.2) is 8.42 Å². The lowest BCUT2D eigenvalue weighted by atomic mass is 10.1. The third kappa shape index (κ3) is 5.14. The number of hydrogen-bond acceptors (Lipinski definition) is 4. The zero-order chi connectivity index (χ0) is 23.7. The Hall–Kier alpha value is -2.84. The van der Waals surface area contributed by atoms with Crippen LogP contribution in [0.1, 0.15) is 38.1 Å². The van der Waals surface area contributed by atoms with Gasteiger partial charge in [-0.1, -0.05) is 55.3 Å². The van der Waals surface area contributed by atoms with E-state index in [1.165, 1.54) is 30.3 Å². The Morgan fingerprint density at radius 1 is 1.03 bits per heavy atom. The molecule has 0 heterocycles. The van der Waals surface area contributed by atoms with Gasteiger partial charge in [-0.2, -0.15) is 0 Å². The van der Waals surface area contributed by atoms with Gasteiger partial charge in [0.2, 0.25) is 5.91 Å². The van der Waals surface area contributed by atoms with Crippen molar-refractivity contribution < 1.29 is 18.0 Å². The van der Waals surface area contributed by atoms with E-state index in [2.05, 4.69) is 21.6 Å².